The standard InChI is InChI=1S/C7H9F3O2/c1-3-5-6(11,12-4-2)7(8,9)10/h11H,4H2,1-2H3. The van der Waals surface area contributed by atoms with Crippen LogP contribution in [0.2, 0.25) is 0 Å². The fourth-order valence-electron chi connectivity index (χ4n) is 0.567. The van der Waals surface area contributed by atoms with Crippen LogP contribution in [0.15, 0.2) is 0 Å². The van der Waals surface area contributed by atoms with Crippen molar-refractivity contribution in [3.8, 4) is 11.8 Å². The van der Waals surface area contributed by atoms with Crippen LogP contribution >= 0.6 is 0 Å². The monoisotopic (exact) mass is 182 g/mol. The molecule has 2 nitrogen and oxygen atoms in total. The normalized spacial score (nSPS) is 16.2. The Hall–Kier alpha value is -0.730. The van der Waals surface area contributed by atoms with Gasteiger partial charge in [-0.3, -0.25) is 0 Å². The SMILES string of the molecule is CC#CC(O)(OCC)C(F)(F)F. The summed E-state index contributed by atoms with van der Waals surface area (Å²) < 4.78 is 40.1. The fraction of sp³-hybridized carbons (Fsp3) is 0.714. The minimum absolute atomic E-state index is 0.259. The predicted molar refractivity (Wildman–Crippen MR) is 36.1 cm³/mol. The first-order valence-corrected chi connectivity index (χ1v) is 3.24. The molecule has 0 spiro atoms. The van der Waals surface area contributed by atoms with E-state index in [2.05, 4.69) is 4.74 Å². The van der Waals surface area contributed by atoms with Crippen molar-refractivity contribution >= 4 is 0 Å². The Morgan fingerprint density at radius 1 is 1.42 bits per heavy atom. The lowest BCUT2D eigenvalue weighted by Crippen LogP contribution is -2.46. The third kappa shape index (κ3) is 2.40. The van der Waals surface area contributed by atoms with E-state index in [1.165, 1.54) is 13.8 Å². The minimum Gasteiger partial charge on any atom is -0.349 e. The summed E-state index contributed by atoms with van der Waals surface area (Å²) in [6.07, 6.45) is -4.88. The molecule has 70 valence electrons. The Bertz CT molecular complexity index is 201. The van der Waals surface area contributed by atoms with Gasteiger partial charge in [0.15, 0.2) is 0 Å². The summed E-state index contributed by atoms with van der Waals surface area (Å²) in [5, 5.41) is 8.83. The zero-order valence-corrected chi connectivity index (χ0v) is 6.70. The van der Waals surface area contributed by atoms with Crippen LogP contribution in [0, 0.1) is 11.8 Å². The molecule has 0 aromatic heterocycles. The van der Waals surface area contributed by atoms with Gasteiger partial charge in [0.1, 0.15) is 0 Å². The lowest BCUT2D eigenvalue weighted by atomic mass is 10.3. The maximum Gasteiger partial charge on any atom is 0.456 e. The summed E-state index contributed by atoms with van der Waals surface area (Å²) in [5.74, 6) is 0.190. The van der Waals surface area contributed by atoms with Crippen LogP contribution in [0.3, 0.4) is 0 Å². The lowest BCUT2D eigenvalue weighted by molar-refractivity contribution is -0.334. The van der Waals surface area contributed by atoms with Gasteiger partial charge in [-0.1, -0.05) is 0 Å². The molecule has 0 amide bonds. The Balaban J connectivity index is 4.70. The van der Waals surface area contributed by atoms with Crippen molar-refractivity contribution in [2.75, 3.05) is 6.61 Å². The van der Waals surface area contributed by atoms with Crippen LogP contribution in [0.25, 0.3) is 0 Å². The van der Waals surface area contributed by atoms with E-state index in [1.54, 1.807) is 5.92 Å². The van der Waals surface area contributed by atoms with E-state index in [0.29, 0.717) is 0 Å². The molecule has 1 atom stereocenters. The van der Waals surface area contributed by atoms with Gasteiger partial charge in [0.2, 0.25) is 0 Å². The van der Waals surface area contributed by atoms with Crippen molar-refractivity contribution in [1.82, 2.24) is 0 Å². The van der Waals surface area contributed by atoms with E-state index >= 15 is 0 Å². The molecule has 12 heavy (non-hydrogen) atoms. The van der Waals surface area contributed by atoms with Gasteiger partial charge in [-0.05, 0) is 19.8 Å². The summed E-state index contributed by atoms with van der Waals surface area (Å²) in [4.78, 5) is 0. The van der Waals surface area contributed by atoms with Crippen LogP contribution < -0.4 is 0 Å². The van der Waals surface area contributed by atoms with E-state index in [-0.39, 0.29) is 6.61 Å². The number of hydrogen-bond donors (Lipinski definition) is 1. The second-order valence-electron chi connectivity index (χ2n) is 1.95. The quantitative estimate of drug-likeness (QED) is 0.515. The molecule has 0 radical (unpaired) electrons. The van der Waals surface area contributed by atoms with E-state index in [9.17, 15) is 13.2 Å². The zero-order valence-electron chi connectivity index (χ0n) is 6.70. The molecule has 0 saturated carbocycles. The van der Waals surface area contributed by atoms with Crippen molar-refractivity contribution < 1.29 is 23.0 Å². The number of alkyl halides is 3. The van der Waals surface area contributed by atoms with Crippen LogP contribution in [-0.4, -0.2) is 23.7 Å². The topological polar surface area (TPSA) is 29.5 Å². The Kier molecular flexibility index (Phi) is 3.55. The van der Waals surface area contributed by atoms with Gasteiger partial charge in [0.25, 0.3) is 0 Å². The van der Waals surface area contributed by atoms with Crippen molar-refractivity contribution in [1.29, 1.82) is 0 Å². The molecule has 0 rings (SSSR count). The highest BCUT2D eigenvalue weighted by Gasteiger charge is 2.54. The third-order valence-corrected chi connectivity index (χ3v) is 1.03. The summed E-state index contributed by atoms with van der Waals surface area (Å²) in [7, 11) is 0. The summed E-state index contributed by atoms with van der Waals surface area (Å²) in [6.45, 7) is 2.27. The van der Waals surface area contributed by atoms with Crippen molar-refractivity contribution in [3.05, 3.63) is 0 Å². The number of halogens is 3. The first-order valence-electron chi connectivity index (χ1n) is 3.24. The van der Waals surface area contributed by atoms with Crippen molar-refractivity contribution in [2.45, 2.75) is 25.8 Å². The van der Waals surface area contributed by atoms with Crippen molar-refractivity contribution in [3.63, 3.8) is 0 Å². The summed E-state index contributed by atoms with van der Waals surface area (Å²) in [5.41, 5.74) is 0. The Labute approximate surface area is 68.3 Å². The molecular weight excluding hydrogens is 173 g/mol. The molecule has 1 unspecified atom stereocenters. The smallest absolute Gasteiger partial charge is 0.349 e. The average Bonchev–Trinajstić information content (AvgIpc) is 1.86. The molecule has 0 saturated heterocycles. The molecule has 0 fully saturated rings. The van der Waals surface area contributed by atoms with Crippen LogP contribution in [0.4, 0.5) is 13.2 Å². The molecular formula is C7H9F3O2. The van der Waals surface area contributed by atoms with Gasteiger partial charge in [-0.25, -0.2) is 0 Å². The number of rotatable bonds is 2. The molecule has 0 heterocycles. The maximum atomic E-state index is 12.0. The Morgan fingerprint density at radius 3 is 2.17 bits per heavy atom. The van der Waals surface area contributed by atoms with Crippen molar-refractivity contribution in [2.24, 2.45) is 0 Å². The largest absolute Gasteiger partial charge is 0.456 e. The van der Waals surface area contributed by atoms with E-state index in [4.69, 9.17) is 5.11 Å². The first-order chi connectivity index (χ1) is 5.37. The van der Waals surface area contributed by atoms with Gasteiger partial charge in [0, 0.05) is 6.61 Å². The fourth-order valence-corrected chi connectivity index (χ4v) is 0.567. The van der Waals surface area contributed by atoms with E-state index < -0.39 is 12.0 Å². The van der Waals surface area contributed by atoms with E-state index in [1.807, 2.05) is 5.92 Å². The highest BCUT2D eigenvalue weighted by molar-refractivity contribution is 5.10. The predicted octanol–water partition coefficient (Wildman–Crippen LogP) is 1.30. The van der Waals surface area contributed by atoms with Gasteiger partial charge in [0.05, 0.1) is 0 Å². The zero-order chi connectivity index (χ0) is 9.83. The lowest BCUT2D eigenvalue weighted by Gasteiger charge is -2.24. The van der Waals surface area contributed by atoms with Gasteiger partial charge < -0.3 is 9.84 Å². The molecule has 0 aromatic carbocycles. The number of hydrogen-bond acceptors (Lipinski definition) is 2. The van der Waals surface area contributed by atoms with Gasteiger partial charge in [-0.15, -0.1) is 5.92 Å². The average molecular weight is 182 g/mol. The first kappa shape index (κ1) is 11.3. The molecule has 0 aromatic rings. The third-order valence-electron chi connectivity index (χ3n) is 1.03. The molecule has 5 heteroatoms. The van der Waals surface area contributed by atoms with E-state index in [0.717, 1.165) is 0 Å². The van der Waals surface area contributed by atoms with Crippen LogP contribution in [0.5, 0.6) is 0 Å². The summed E-state index contributed by atoms with van der Waals surface area (Å²) in [6, 6.07) is 0. The minimum atomic E-state index is -4.88. The number of aliphatic hydroxyl groups is 1. The van der Waals surface area contributed by atoms with Crippen LogP contribution in [0.1, 0.15) is 13.8 Å². The van der Waals surface area contributed by atoms with Gasteiger partial charge >= 0.3 is 12.0 Å². The highest BCUT2D eigenvalue weighted by Crippen LogP contribution is 2.30. The van der Waals surface area contributed by atoms with Gasteiger partial charge in [-0.2, -0.15) is 13.2 Å². The Morgan fingerprint density at radius 2 is 1.92 bits per heavy atom. The highest BCUT2D eigenvalue weighted by atomic mass is 19.4. The van der Waals surface area contributed by atoms with Crippen LogP contribution in [-0.2, 0) is 4.74 Å². The molecule has 0 aliphatic heterocycles. The second-order valence-corrected chi connectivity index (χ2v) is 1.95. The molecule has 0 aliphatic rings. The molecule has 0 aliphatic carbocycles. The molecule has 1 N–H and O–H groups in total. The maximum absolute atomic E-state index is 12.0. The number of ether oxygens (including phenoxy) is 1. The molecule has 0 bridgehead atoms. The second kappa shape index (κ2) is 3.78. The summed E-state index contributed by atoms with van der Waals surface area (Å²) >= 11 is 0.